The Morgan fingerprint density at radius 2 is 2.00 bits per heavy atom. The van der Waals surface area contributed by atoms with Gasteiger partial charge >= 0.3 is 0 Å². The Morgan fingerprint density at radius 1 is 1.18 bits per heavy atom. The molecular formula is C17H12ClIN2O. The number of benzene rings is 2. The molecule has 0 spiro atoms. The lowest BCUT2D eigenvalue weighted by Crippen LogP contribution is -2.15. The van der Waals surface area contributed by atoms with Gasteiger partial charge in [-0.15, -0.1) is 0 Å². The summed E-state index contributed by atoms with van der Waals surface area (Å²) in [6.45, 7) is 1.93. The van der Waals surface area contributed by atoms with Crippen molar-refractivity contribution in [1.82, 2.24) is 4.98 Å². The van der Waals surface area contributed by atoms with Gasteiger partial charge in [0.2, 0.25) is 0 Å². The van der Waals surface area contributed by atoms with Crippen LogP contribution in [0, 0.1) is 10.5 Å². The molecule has 1 N–H and O–H groups in total. The second kappa shape index (κ2) is 6.22. The maximum atomic E-state index is 12.6. The lowest BCUT2D eigenvalue weighted by molar-refractivity contribution is 0.102. The first kappa shape index (κ1) is 15.2. The van der Waals surface area contributed by atoms with Gasteiger partial charge in [-0.2, -0.15) is 0 Å². The zero-order chi connectivity index (χ0) is 15.7. The van der Waals surface area contributed by atoms with Crippen LogP contribution in [0.5, 0.6) is 0 Å². The quantitative estimate of drug-likeness (QED) is 0.587. The van der Waals surface area contributed by atoms with Crippen molar-refractivity contribution < 1.29 is 4.79 Å². The number of nitrogens with zero attached hydrogens (tertiary/aromatic N) is 1. The number of pyridine rings is 1. The van der Waals surface area contributed by atoms with Crippen molar-refractivity contribution in [2.24, 2.45) is 0 Å². The lowest BCUT2D eigenvalue weighted by Gasteiger charge is -2.11. The van der Waals surface area contributed by atoms with Gasteiger partial charge < -0.3 is 5.32 Å². The minimum absolute atomic E-state index is 0.142. The third kappa shape index (κ3) is 2.80. The van der Waals surface area contributed by atoms with Gasteiger partial charge in [0.25, 0.3) is 5.91 Å². The topological polar surface area (TPSA) is 42.0 Å². The number of rotatable bonds is 2. The van der Waals surface area contributed by atoms with E-state index in [0.717, 1.165) is 14.5 Å². The third-order valence-corrected chi connectivity index (χ3v) is 4.64. The van der Waals surface area contributed by atoms with Crippen molar-refractivity contribution in [3.05, 3.63) is 68.4 Å². The Balaban J connectivity index is 2.04. The zero-order valence-corrected chi connectivity index (χ0v) is 14.6. The molecule has 0 aliphatic carbocycles. The molecule has 0 unspecified atom stereocenters. The van der Waals surface area contributed by atoms with Gasteiger partial charge in [0.15, 0.2) is 0 Å². The maximum Gasteiger partial charge on any atom is 0.257 e. The highest BCUT2D eigenvalue weighted by molar-refractivity contribution is 14.1. The fraction of sp³-hybridized carbons (Fsp3) is 0.0588. The zero-order valence-electron chi connectivity index (χ0n) is 11.7. The molecule has 0 atom stereocenters. The number of nitrogens with one attached hydrogen (secondary N) is 1. The van der Waals surface area contributed by atoms with Crippen molar-refractivity contribution in [2.75, 3.05) is 5.32 Å². The predicted molar refractivity (Wildman–Crippen MR) is 98.6 cm³/mol. The molecule has 2 aromatic carbocycles. The summed E-state index contributed by atoms with van der Waals surface area (Å²) in [5.41, 5.74) is 2.97. The van der Waals surface area contributed by atoms with Crippen molar-refractivity contribution in [1.29, 1.82) is 0 Å². The number of aryl methyl sites for hydroxylation is 1. The van der Waals surface area contributed by atoms with E-state index in [1.54, 1.807) is 18.3 Å². The van der Waals surface area contributed by atoms with Crippen molar-refractivity contribution in [3.8, 4) is 0 Å². The van der Waals surface area contributed by atoms with Gasteiger partial charge in [-0.3, -0.25) is 9.78 Å². The SMILES string of the molecule is Cc1cccc(I)c1C(=O)Nc1ccc(Cl)c2cccnc12. The number of carbonyl (C=O) groups is 1. The molecule has 0 bridgehead atoms. The van der Waals surface area contributed by atoms with Crippen LogP contribution in [-0.4, -0.2) is 10.9 Å². The van der Waals surface area contributed by atoms with Crippen LogP contribution in [0.15, 0.2) is 48.7 Å². The lowest BCUT2D eigenvalue weighted by atomic mass is 10.1. The maximum absolute atomic E-state index is 12.6. The summed E-state index contributed by atoms with van der Waals surface area (Å²) < 4.78 is 0.918. The van der Waals surface area contributed by atoms with Gasteiger partial charge in [0.1, 0.15) is 0 Å². The molecule has 0 radical (unpaired) electrons. The molecule has 0 fully saturated rings. The summed E-state index contributed by atoms with van der Waals surface area (Å²) in [5, 5.41) is 4.38. The Labute approximate surface area is 146 Å². The van der Waals surface area contributed by atoms with Gasteiger partial charge in [0, 0.05) is 15.2 Å². The van der Waals surface area contributed by atoms with Crippen LogP contribution >= 0.6 is 34.2 Å². The summed E-state index contributed by atoms with van der Waals surface area (Å²) in [4.78, 5) is 16.9. The molecule has 5 heteroatoms. The van der Waals surface area contributed by atoms with Crippen LogP contribution in [0.2, 0.25) is 5.02 Å². The largest absolute Gasteiger partial charge is 0.320 e. The third-order valence-electron chi connectivity index (χ3n) is 3.41. The number of amides is 1. The van der Waals surface area contributed by atoms with Crippen molar-refractivity contribution >= 4 is 56.7 Å². The normalized spacial score (nSPS) is 10.7. The van der Waals surface area contributed by atoms with E-state index in [4.69, 9.17) is 11.6 Å². The molecule has 3 rings (SSSR count). The standard InChI is InChI=1S/C17H12ClIN2O/c1-10-4-2-6-13(19)15(10)17(22)21-14-8-7-12(18)11-5-3-9-20-16(11)14/h2-9H,1H3,(H,21,22). The van der Waals surface area contributed by atoms with Crippen molar-refractivity contribution in [3.63, 3.8) is 0 Å². The molecule has 0 saturated carbocycles. The van der Waals surface area contributed by atoms with E-state index in [1.165, 1.54) is 0 Å². The number of hydrogen-bond donors (Lipinski definition) is 1. The second-order valence-corrected chi connectivity index (χ2v) is 6.45. The van der Waals surface area contributed by atoms with Crippen LogP contribution in [0.1, 0.15) is 15.9 Å². The van der Waals surface area contributed by atoms with E-state index in [1.807, 2.05) is 37.3 Å². The van der Waals surface area contributed by atoms with E-state index < -0.39 is 0 Å². The molecule has 3 nitrogen and oxygen atoms in total. The fourth-order valence-corrected chi connectivity index (χ4v) is 3.44. The summed E-state index contributed by atoms with van der Waals surface area (Å²) in [7, 11) is 0. The predicted octanol–water partition coefficient (Wildman–Crippen LogP) is 5.05. The average Bonchev–Trinajstić information content (AvgIpc) is 2.50. The monoisotopic (exact) mass is 422 g/mol. The van der Waals surface area contributed by atoms with Gasteiger partial charge in [0.05, 0.1) is 21.8 Å². The number of hydrogen-bond acceptors (Lipinski definition) is 2. The van der Waals surface area contributed by atoms with Gasteiger partial charge in [-0.1, -0.05) is 23.7 Å². The molecular weight excluding hydrogens is 411 g/mol. The minimum Gasteiger partial charge on any atom is -0.320 e. The molecule has 1 heterocycles. The first-order valence-corrected chi connectivity index (χ1v) is 8.13. The van der Waals surface area contributed by atoms with E-state index in [0.29, 0.717) is 21.8 Å². The summed E-state index contributed by atoms with van der Waals surface area (Å²) in [5.74, 6) is -0.142. The number of carbonyl (C=O) groups excluding carboxylic acids is 1. The minimum atomic E-state index is -0.142. The summed E-state index contributed by atoms with van der Waals surface area (Å²) in [6.07, 6.45) is 1.69. The smallest absolute Gasteiger partial charge is 0.257 e. The Morgan fingerprint density at radius 3 is 2.77 bits per heavy atom. The van der Waals surface area contributed by atoms with Crippen LogP contribution in [-0.2, 0) is 0 Å². The van der Waals surface area contributed by atoms with Gasteiger partial charge in [-0.05, 0) is 65.4 Å². The number of halogens is 2. The number of fused-ring (bicyclic) bond motifs is 1. The van der Waals surface area contributed by atoms with Crippen LogP contribution < -0.4 is 5.32 Å². The van der Waals surface area contributed by atoms with Crippen LogP contribution in [0.4, 0.5) is 5.69 Å². The highest BCUT2D eigenvalue weighted by atomic mass is 127. The van der Waals surface area contributed by atoms with Crippen LogP contribution in [0.25, 0.3) is 10.9 Å². The fourth-order valence-electron chi connectivity index (χ4n) is 2.34. The van der Waals surface area contributed by atoms with E-state index >= 15 is 0 Å². The van der Waals surface area contributed by atoms with E-state index in [9.17, 15) is 4.79 Å². The average molecular weight is 423 g/mol. The Kier molecular flexibility index (Phi) is 4.31. The molecule has 22 heavy (non-hydrogen) atoms. The van der Waals surface area contributed by atoms with Crippen molar-refractivity contribution in [2.45, 2.75) is 6.92 Å². The molecule has 1 aromatic heterocycles. The summed E-state index contributed by atoms with van der Waals surface area (Å²) in [6, 6.07) is 13.0. The Bertz CT molecular complexity index is 859. The molecule has 110 valence electrons. The summed E-state index contributed by atoms with van der Waals surface area (Å²) >= 11 is 8.35. The second-order valence-electron chi connectivity index (χ2n) is 4.88. The number of anilines is 1. The molecule has 1 amide bonds. The molecule has 0 aliphatic heterocycles. The molecule has 0 aliphatic rings. The molecule has 3 aromatic rings. The molecule has 0 saturated heterocycles. The first-order valence-electron chi connectivity index (χ1n) is 6.67. The highest BCUT2D eigenvalue weighted by Crippen LogP contribution is 2.28. The number of aromatic nitrogens is 1. The Hall–Kier alpha value is -1.66. The van der Waals surface area contributed by atoms with Crippen LogP contribution in [0.3, 0.4) is 0 Å². The van der Waals surface area contributed by atoms with E-state index in [2.05, 4.69) is 32.9 Å². The first-order chi connectivity index (χ1) is 10.6. The highest BCUT2D eigenvalue weighted by Gasteiger charge is 2.15. The van der Waals surface area contributed by atoms with E-state index in [-0.39, 0.29) is 5.91 Å². The van der Waals surface area contributed by atoms with Gasteiger partial charge in [-0.25, -0.2) is 0 Å².